The molecule has 0 N–H and O–H groups in total. The van der Waals surface area contributed by atoms with Crippen molar-refractivity contribution in [2.75, 3.05) is 26.6 Å². The zero-order chi connectivity index (χ0) is 16.9. The van der Waals surface area contributed by atoms with Crippen molar-refractivity contribution in [3.8, 4) is 17.2 Å². The Morgan fingerprint density at radius 3 is 2.67 bits per heavy atom. The molecule has 24 heavy (non-hydrogen) atoms. The normalized spacial score (nSPS) is 13.1. The van der Waals surface area contributed by atoms with Crippen LogP contribution in [0.3, 0.4) is 0 Å². The molecule has 0 spiro atoms. The predicted molar refractivity (Wildman–Crippen MR) is 95.6 cm³/mol. The molecule has 1 heterocycles. The van der Waals surface area contributed by atoms with Gasteiger partial charge in [-0.2, -0.15) is 0 Å². The Balaban J connectivity index is 1.78. The van der Waals surface area contributed by atoms with Gasteiger partial charge in [-0.3, -0.25) is 4.79 Å². The van der Waals surface area contributed by atoms with Gasteiger partial charge >= 0.3 is 0 Å². The van der Waals surface area contributed by atoms with E-state index < -0.39 is 0 Å². The SMILES string of the molecule is COc1cc(/C=C/C(=O)c2ccc3c(c2)OCCO3)ccc1SC. The molecule has 0 aliphatic carbocycles. The van der Waals surface area contributed by atoms with Crippen LogP contribution in [0, 0.1) is 0 Å². The van der Waals surface area contributed by atoms with Crippen LogP contribution < -0.4 is 14.2 Å². The van der Waals surface area contributed by atoms with Crippen LogP contribution in [0.5, 0.6) is 17.2 Å². The summed E-state index contributed by atoms with van der Waals surface area (Å²) in [5.74, 6) is 2.02. The number of hydrogen-bond donors (Lipinski definition) is 0. The number of thioether (sulfide) groups is 1. The van der Waals surface area contributed by atoms with Crippen molar-refractivity contribution in [1.29, 1.82) is 0 Å². The summed E-state index contributed by atoms with van der Waals surface area (Å²) in [5.41, 5.74) is 1.48. The van der Waals surface area contributed by atoms with Gasteiger partial charge < -0.3 is 14.2 Å². The first-order chi connectivity index (χ1) is 11.7. The number of ether oxygens (including phenoxy) is 3. The van der Waals surface area contributed by atoms with Gasteiger partial charge in [0.15, 0.2) is 17.3 Å². The van der Waals surface area contributed by atoms with Crippen LogP contribution in [0.2, 0.25) is 0 Å². The van der Waals surface area contributed by atoms with Gasteiger partial charge in [-0.25, -0.2) is 0 Å². The van der Waals surface area contributed by atoms with Gasteiger partial charge in [-0.15, -0.1) is 11.8 Å². The molecule has 0 atom stereocenters. The third-order valence-corrected chi connectivity index (χ3v) is 4.44. The van der Waals surface area contributed by atoms with E-state index in [0.29, 0.717) is 30.3 Å². The quantitative estimate of drug-likeness (QED) is 0.465. The summed E-state index contributed by atoms with van der Waals surface area (Å²) in [5, 5.41) is 0. The monoisotopic (exact) mass is 342 g/mol. The van der Waals surface area contributed by atoms with E-state index in [2.05, 4.69) is 0 Å². The summed E-state index contributed by atoms with van der Waals surface area (Å²) in [6.07, 6.45) is 5.34. The van der Waals surface area contributed by atoms with Crippen molar-refractivity contribution in [1.82, 2.24) is 0 Å². The van der Waals surface area contributed by atoms with E-state index in [4.69, 9.17) is 14.2 Å². The Bertz CT molecular complexity index is 783. The van der Waals surface area contributed by atoms with Crippen LogP contribution in [0.25, 0.3) is 6.08 Å². The number of ketones is 1. The van der Waals surface area contributed by atoms with Gasteiger partial charge in [0.2, 0.25) is 0 Å². The molecule has 3 rings (SSSR count). The number of benzene rings is 2. The van der Waals surface area contributed by atoms with Gasteiger partial charge in [-0.1, -0.05) is 12.1 Å². The van der Waals surface area contributed by atoms with Crippen molar-refractivity contribution >= 4 is 23.6 Å². The molecule has 0 saturated carbocycles. The van der Waals surface area contributed by atoms with E-state index in [0.717, 1.165) is 16.2 Å². The minimum absolute atomic E-state index is 0.0834. The minimum Gasteiger partial charge on any atom is -0.496 e. The van der Waals surface area contributed by atoms with Gasteiger partial charge in [0.25, 0.3) is 0 Å². The molecule has 4 nitrogen and oxygen atoms in total. The highest BCUT2D eigenvalue weighted by molar-refractivity contribution is 7.98. The molecular formula is C19H18O4S. The summed E-state index contributed by atoms with van der Waals surface area (Å²) in [6, 6.07) is 11.1. The first kappa shape index (κ1) is 16.5. The molecule has 1 aliphatic heterocycles. The topological polar surface area (TPSA) is 44.8 Å². The fourth-order valence-electron chi connectivity index (χ4n) is 2.42. The number of rotatable bonds is 5. The number of hydrogen-bond acceptors (Lipinski definition) is 5. The maximum absolute atomic E-state index is 12.4. The second-order valence-corrected chi connectivity index (χ2v) is 6.02. The fourth-order valence-corrected chi connectivity index (χ4v) is 2.97. The van der Waals surface area contributed by atoms with Crippen LogP contribution in [-0.2, 0) is 0 Å². The first-order valence-corrected chi connectivity index (χ1v) is 8.78. The zero-order valence-electron chi connectivity index (χ0n) is 13.6. The maximum Gasteiger partial charge on any atom is 0.185 e. The largest absolute Gasteiger partial charge is 0.496 e. The molecule has 0 saturated heterocycles. The lowest BCUT2D eigenvalue weighted by Gasteiger charge is -2.18. The lowest BCUT2D eigenvalue weighted by atomic mass is 10.1. The molecule has 0 bridgehead atoms. The van der Waals surface area contributed by atoms with Crippen molar-refractivity contribution in [2.45, 2.75) is 4.90 Å². The third-order valence-electron chi connectivity index (χ3n) is 3.66. The van der Waals surface area contributed by atoms with E-state index in [-0.39, 0.29) is 5.78 Å². The summed E-state index contributed by atoms with van der Waals surface area (Å²) in [7, 11) is 1.64. The Labute approximate surface area is 145 Å². The molecular weight excluding hydrogens is 324 g/mol. The molecule has 124 valence electrons. The molecule has 0 fully saturated rings. The Hall–Kier alpha value is -2.40. The van der Waals surface area contributed by atoms with Crippen molar-refractivity contribution < 1.29 is 19.0 Å². The Morgan fingerprint density at radius 1 is 1.12 bits per heavy atom. The van der Waals surface area contributed by atoms with Crippen LogP contribution in [0.1, 0.15) is 15.9 Å². The van der Waals surface area contributed by atoms with Crippen LogP contribution in [-0.4, -0.2) is 32.4 Å². The summed E-state index contributed by atoms with van der Waals surface area (Å²) < 4.78 is 16.3. The molecule has 2 aromatic rings. The number of carbonyl (C=O) groups excluding carboxylic acids is 1. The molecule has 5 heteroatoms. The zero-order valence-corrected chi connectivity index (χ0v) is 14.4. The van der Waals surface area contributed by atoms with Gasteiger partial charge in [0.1, 0.15) is 19.0 Å². The fraction of sp³-hybridized carbons (Fsp3) is 0.211. The van der Waals surface area contributed by atoms with Gasteiger partial charge in [-0.05, 0) is 48.2 Å². The van der Waals surface area contributed by atoms with Gasteiger partial charge in [0.05, 0.1) is 7.11 Å². The summed E-state index contributed by atoms with van der Waals surface area (Å²) in [4.78, 5) is 13.4. The lowest BCUT2D eigenvalue weighted by Crippen LogP contribution is -2.15. The van der Waals surface area contributed by atoms with Crippen LogP contribution >= 0.6 is 11.8 Å². The van der Waals surface area contributed by atoms with E-state index >= 15 is 0 Å². The van der Waals surface area contributed by atoms with Crippen molar-refractivity contribution in [3.05, 3.63) is 53.6 Å². The van der Waals surface area contributed by atoms with E-state index in [1.54, 1.807) is 49.2 Å². The number of fused-ring (bicyclic) bond motifs is 1. The summed E-state index contributed by atoms with van der Waals surface area (Å²) in [6.45, 7) is 1.04. The standard InChI is InChI=1S/C19H18O4S/c1-21-18-11-13(4-8-19(18)24-2)3-6-15(20)14-5-7-16-17(12-14)23-10-9-22-16/h3-8,11-12H,9-10H2,1-2H3/b6-3+. The van der Waals surface area contributed by atoms with E-state index in [1.165, 1.54) is 0 Å². The lowest BCUT2D eigenvalue weighted by molar-refractivity contribution is 0.104. The highest BCUT2D eigenvalue weighted by atomic mass is 32.2. The molecule has 0 aromatic heterocycles. The highest BCUT2D eigenvalue weighted by Gasteiger charge is 2.13. The van der Waals surface area contributed by atoms with Crippen LogP contribution in [0.4, 0.5) is 0 Å². The smallest absolute Gasteiger partial charge is 0.185 e. The van der Waals surface area contributed by atoms with Crippen LogP contribution in [0.15, 0.2) is 47.4 Å². The predicted octanol–water partition coefficient (Wildman–Crippen LogP) is 4.08. The van der Waals surface area contributed by atoms with E-state index in [9.17, 15) is 4.79 Å². The first-order valence-electron chi connectivity index (χ1n) is 7.55. The maximum atomic E-state index is 12.4. The Kier molecular flexibility index (Phi) is 5.11. The highest BCUT2D eigenvalue weighted by Crippen LogP contribution is 2.31. The van der Waals surface area contributed by atoms with Crippen molar-refractivity contribution in [2.24, 2.45) is 0 Å². The molecule has 0 amide bonds. The van der Waals surface area contributed by atoms with Crippen molar-refractivity contribution in [3.63, 3.8) is 0 Å². The second kappa shape index (κ2) is 7.45. The molecule has 2 aromatic carbocycles. The summed E-state index contributed by atoms with van der Waals surface area (Å²) >= 11 is 1.62. The third kappa shape index (κ3) is 3.57. The average molecular weight is 342 g/mol. The molecule has 1 aliphatic rings. The second-order valence-electron chi connectivity index (χ2n) is 5.17. The van der Waals surface area contributed by atoms with E-state index in [1.807, 2.05) is 24.5 Å². The number of methoxy groups -OCH3 is 1. The molecule has 0 unspecified atom stereocenters. The minimum atomic E-state index is -0.0834. The Morgan fingerprint density at radius 2 is 1.92 bits per heavy atom. The number of allylic oxidation sites excluding steroid dienone is 1. The molecule has 0 radical (unpaired) electrons. The van der Waals surface area contributed by atoms with Gasteiger partial charge in [0, 0.05) is 10.5 Å². The average Bonchev–Trinajstić information content (AvgIpc) is 2.65. The number of carbonyl (C=O) groups is 1.